The number of halogens is 1. The molecule has 94 valence electrons. The Morgan fingerprint density at radius 3 is 2.44 bits per heavy atom. The predicted molar refractivity (Wildman–Crippen MR) is 71.5 cm³/mol. The first kappa shape index (κ1) is 12.4. The van der Waals surface area contributed by atoms with Gasteiger partial charge in [-0.15, -0.1) is 0 Å². The van der Waals surface area contributed by atoms with Crippen LogP contribution in [0.25, 0.3) is 0 Å². The van der Waals surface area contributed by atoms with Gasteiger partial charge in [0.2, 0.25) is 0 Å². The van der Waals surface area contributed by atoms with Gasteiger partial charge in [0.25, 0.3) is 0 Å². The molecule has 18 heavy (non-hydrogen) atoms. The highest BCUT2D eigenvalue weighted by Gasteiger charge is 2.03. The first-order chi connectivity index (χ1) is 8.69. The van der Waals surface area contributed by atoms with Crippen molar-refractivity contribution in [3.63, 3.8) is 0 Å². The van der Waals surface area contributed by atoms with E-state index in [1.54, 1.807) is 6.07 Å². The summed E-state index contributed by atoms with van der Waals surface area (Å²) >= 11 is 0. The standard InChI is InChI=1S/C15H16FNO/c1-11-3-6-13(7-4-11)17-10-12-5-8-15(18-2)14(16)9-12/h3-9,17H,10H2,1-2H3. The van der Waals surface area contributed by atoms with Crippen molar-refractivity contribution in [3.8, 4) is 5.75 Å². The smallest absolute Gasteiger partial charge is 0.165 e. The van der Waals surface area contributed by atoms with E-state index in [9.17, 15) is 4.39 Å². The summed E-state index contributed by atoms with van der Waals surface area (Å²) in [6.45, 7) is 2.63. The lowest BCUT2D eigenvalue weighted by molar-refractivity contribution is 0.386. The van der Waals surface area contributed by atoms with Crippen LogP contribution < -0.4 is 10.1 Å². The highest BCUT2D eigenvalue weighted by Crippen LogP contribution is 2.18. The minimum atomic E-state index is -0.333. The fraction of sp³-hybridized carbons (Fsp3) is 0.200. The van der Waals surface area contributed by atoms with Gasteiger partial charge in [-0.1, -0.05) is 23.8 Å². The fourth-order valence-corrected chi connectivity index (χ4v) is 1.70. The minimum absolute atomic E-state index is 0.272. The van der Waals surface area contributed by atoms with Crippen LogP contribution in [0.2, 0.25) is 0 Å². The van der Waals surface area contributed by atoms with Crippen molar-refractivity contribution < 1.29 is 9.13 Å². The zero-order chi connectivity index (χ0) is 13.0. The summed E-state index contributed by atoms with van der Waals surface area (Å²) in [5, 5.41) is 3.25. The normalized spacial score (nSPS) is 10.2. The Labute approximate surface area is 106 Å². The molecule has 0 spiro atoms. The molecule has 2 rings (SSSR count). The molecule has 0 aliphatic rings. The Kier molecular flexibility index (Phi) is 3.82. The third-order valence-corrected chi connectivity index (χ3v) is 2.76. The zero-order valence-corrected chi connectivity index (χ0v) is 10.5. The number of methoxy groups -OCH3 is 1. The summed E-state index contributed by atoms with van der Waals surface area (Å²) in [5.41, 5.74) is 3.13. The summed E-state index contributed by atoms with van der Waals surface area (Å²) in [6.07, 6.45) is 0. The molecule has 2 nitrogen and oxygen atoms in total. The van der Waals surface area contributed by atoms with Crippen molar-refractivity contribution in [2.45, 2.75) is 13.5 Å². The fourth-order valence-electron chi connectivity index (χ4n) is 1.70. The highest BCUT2D eigenvalue weighted by molar-refractivity contribution is 5.45. The van der Waals surface area contributed by atoms with Gasteiger partial charge in [0, 0.05) is 12.2 Å². The SMILES string of the molecule is COc1ccc(CNc2ccc(C)cc2)cc1F. The van der Waals surface area contributed by atoms with Gasteiger partial charge in [0.15, 0.2) is 11.6 Å². The van der Waals surface area contributed by atoms with Crippen molar-refractivity contribution in [2.75, 3.05) is 12.4 Å². The molecule has 0 bridgehead atoms. The van der Waals surface area contributed by atoms with E-state index in [0.29, 0.717) is 6.54 Å². The molecule has 0 aliphatic carbocycles. The van der Waals surface area contributed by atoms with Crippen LogP contribution in [0.1, 0.15) is 11.1 Å². The zero-order valence-electron chi connectivity index (χ0n) is 10.5. The van der Waals surface area contributed by atoms with E-state index in [1.165, 1.54) is 18.7 Å². The van der Waals surface area contributed by atoms with E-state index < -0.39 is 0 Å². The van der Waals surface area contributed by atoms with Crippen LogP contribution >= 0.6 is 0 Å². The molecule has 0 amide bonds. The second-order valence-electron chi connectivity index (χ2n) is 4.19. The first-order valence-corrected chi connectivity index (χ1v) is 5.82. The predicted octanol–water partition coefficient (Wildman–Crippen LogP) is 3.75. The first-order valence-electron chi connectivity index (χ1n) is 5.82. The lowest BCUT2D eigenvalue weighted by atomic mass is 10.2. The number of anilines is 1. The lowest BCUT2D eigenvalue weighted by Crippen LogP contribution is -2.00. The summed E-state index contributed by atoms with van der Waals surface area (Å²) in [4.78, 5) is 0. The van der Waals surface area contributed by atoms with E-state index >= 15 is 0 Å². The van der Waals surface area contributed by atoms with Crippen molar-refractivity contribution in [1.82, 2.24) is 0 Å². The van der Waals surface area contributed by atoms with Gasteiger partial charge in [0.1, 0.15) is 0 Å². The lowest BCUT2D eigenvalue weighted by Gasteiger charge is -2.08. The number of hydrogen-bond acceptors (Lipinski definition) is 2. The van der Waals surface area contributed by atoms with Crippen molar-refractivity contribution in [3.05, 3.63) is 59.4 Å². The Morgan fingerprint density at radius 1 is 1.11 bits per heavy atom. The van der Waals surface area contributed by atoms with Gasteiger partial charge in [-0.05, 0) is 36.8 Å². The van der Waals surface area contributed by atoms with Gasteiger partial charge in [-0.3, -0.25) is 0 Å². The number of benzene rings is 2. The van der Waals surface area contributed by atoms with E-state index in [-0.39, 0.29) is 11.6 Å². The molecular formula is C15H16FNO. The van der Waals surface area contributed by atoms with Crippen molar-refractivity contribution in [1.29, 1.82) is 0 Å². The number of nitrogens with one attached hydrogen (secondary N) is 1. The second kappa shape index (κ2) is 5.54. The summed E-state index contributed by atoms with van der Waals surface area (Å²) < 4.78 is 18.4. The maximum absolute atomic E-state index is 13.5. The molecular weight excluding hydrogens is 229 g/mol. The molecule has 2 aromatic carbocycles. The summed E-state index contributed by atoms with van der Waals surface area (Å²) in [5.74, 6) is -0.0604. The molecule has 0 radical (unpaired) electrons. The number of aryl methyl sites for hydroxylation is 1. The summed E-state index contributed by atoms with van der Waals surface area (Å²) in [7, 11) is 1.46. The molecule has 0 fully saturated rings. The van der Waals surface area contributed by atoms with E-state index in [1.807, 2.05) is 37.3 Å². The topological polar surface area (TPSA) is 21.3 Å². The molecule has 0 atom stereocenters. The molecule has 0 heterocycles. The van der Waals surface area contributed by atoms with Crippen LogP contribution in [0.4, 0.5) is 10.1 Å². The Balaban J connectivity index is 2.02. The van der Waals surface area contributed by atoms with Crippen LogP contribution in [0.3, 0.4) is 0 Å². The molecule has 1 N–H and O–H groups in total. The average Bonchev–Trinajstić information content (AvgIpc) is 2.38. The highest BCUT2D eigenvalue weighted by atomic mass is 19.1. The van der Waals surface area contributed by atoms with Gasteiger partial charge >= 0.3 is 0 Å². The quantitative estimate of drug-likeness (QED) is 0.885. The number of rotatable bonds is 4. The van der Waals surface area contributed by atoms with Gasteiger partial charge in [-0.2, -0.15) is 0 Å². The Bertz CT molecular complexity index is 523. The van der Waals surface area contributed by atoms with E-state index in [0.717, 1.165) is 11.3 Å². The minimum Gasteiger partial charge on any atom is -0.494 e. The van der Waals surface area contributed by atoms with Crippen LogP contribution in [-0.4, -0.2) is 7.11 Å². The second-order valence-corrected chi connectivity index (χ2v) is 4.19. The Morgan fingerprint density at radius 2 is 1.83 bits per heavy atom. The third kappa shape index (κ3) is 3.00. The molecule has 0 unspecified atom stereocenters. The van der Waals surface area contributed by atoms with Crippen molar-refractivity contribution >= 4 is 5.69 Å². The molecule has 2 aromatic rings. The monoisotopic (exact) mass is 245 g/mol. The number of hydrogen-bond donors (Lipinski definition) is 1. The average molecular weight is 245 g/mol. The maximum atomic E-state index is 13.5. The van der Waals surface area contributed by atoms with E-state index in [2.05, 4.69) is 5.32 Å². The number of ether oxygens (including phenoxy) is 1. The van der Waals surface area contributed by atoms with Crippen LogP contribution in [0.5, 0.6) is 5.75 Å². The van der Waals surface area contributed by atoms with Gasteiger partial charge in [-0.25, -0.2) is 4.39 Å². The van der Waals surface area contributed by atoms with Crippen LogP contribution in [0.15, 0.2) is 42.5 Å². The molecule has 0 saturated heterocycles. The molecule has 0 saturated carbocycles. The van der Waals surface area contributed by atoms with Crippen molar-refractivity contribution in [2.24, 2.45) is 0 Å². The van der Waals surface area contributed by atoms with Crippen LogP contribution in [0, 0.1) is 12.7 Å². The largest absolute Gasteiger partial charge is 0.494 e. The van der Waals surface area contributed by atoms with Gasteiger partial charge in [0.05, 0.1) is 7.11 Å². The van der Waals surface area contributed by atoms with E-state index in [4.69, 9.17) is 4.74 Å². The molecule has 3 heteroatoms. The van der Waals surface area contributed by atoms with Gasteiger partial charge < -0.3 is 10.1 Å². The molecule has 0 aromatic heterocycles. The Hall–Kier alpha value is -2.03. The summed E-state index contributed by atoms with van der Waals surface area (Å²) in [6, 6.07) is 13.1. The maximum Gasteiger partial charge on any atom is 0.165 e. The molecule has 0 aliphatic heterocycles. The third-order valence-electron chi connectivity index (χ3n) is 2.76. The van der Waals surface area contributed by atoms with Crippen LogP contribution in [-0.2, 0) is 6.54 Å².